The molecule has 0 atom stereocenters. The van der Waals surface area contributed by atoms with Gasteiger partial charge in [-0.1, -0.05) is 97.1 Å². The van der Waals surface area contributed by atoms with Gasteiger partial charge in [0.05, 0.1) is 11.2 Å². The first kappa shape index (κ1) is 30.9. The molecule has 0 radical (unpaired) electrons. The highest BCUT2D eigenvalue weighted by molar-refractivity contribution is 6.12. The van der Waals surface area contributed by atoms with Gasteiger partial charge in [-0.3, -0.25) is 0 Å². The van der Waals surface area contributed by atoms with Gasteiger partial charge in [0.15, 0.2) is 0 Å². The van der Waals surface area contributed by atoms with Crippen LogP contribution in [0.2, 0.25) is 0 Å². The molecule has 56 heavy (non-hydrogen) atoms. The van der Waals surface area contributed by atoms with Crippen LogP contribution in [0.15, 0.2) is 203 Å². The monoisotopic (exact) mass is 716 g/mol. The normalized spacial score (nSPS) is 11.9. The van der Waals surface area contributed by atoms with Crippen molar-refractivity contribution in [1.82, 2.24) is 4.57 Å². The van der Waals surface area contributed by atoms with Gasteiger partial charge in [-0.25, -0.2) is 0 Å². The zero-order valence-corrected chi connectivity index (χ0v) is 30.2. The lowest BCUT2D eigenvalue weighted by Crippen LogP contribution is -2.09. The van der Waals surface area contributed by atoms with E-state index in [0.717, 1.165) is 77.9 Å². The molecule has 262 valence electrons. The molecule has 0 aliphatic carbocycles. The number of aromatic nitrogens is 1. The number of nitrogens with zero attached hydrogens (tertiary/aromatic N) is 2. The first-order chi connectivity index (χ1) is 27.7. The van der Waals surface area contributed by atoms with Crippen molar-refractivity contribution >= 4 is 93.4 Å². The van der Waals surface area contributed by atoms with Crippen LogP contribution < -0.4 is 4.90 Å². The number of furan rings is 2. The minimum Gasteiger partial charge on any atom is -0.456 e. The molecule has 0 aliphatic heterocycles. The Bertz CT molecular complexity index is 3330. The number of rotatable bonds is 5. The van der Waals surface area contributed by atoms with Crippen molar-refractivity contribution in [2.75, 3.05) is 4.90 Å². The second-order valence-corrected chi connectivity index (χ2v) is 14.6. The van der Waals surface area contributed by atoms with E-state index in [9.17, 15) is 0 Å². The van der Waals surface area contributed by atoms with Crippen molar-refractivity contribution in [3.05, 3.63) is 194 Å². The minimum atomic E-state index is 0.846. The molecule has 0 saturated heterocycles. The molecule has 0 saturated carbocycles. The SMILES string of the molecule is c1ccc(-n2c(-c3ccc(N(c4ccc5c(c4)oc4cc6ccccc6cc45)c4ccc5c(c4)oc4cc6ccccc6cc45)cc3)cc3ccccc32)cc1. The van der Waals surface area contributed by atoms with Crippen molar-refractivity contribution in [3.8, 4) is 16.9 Å². The number of hydrogen-bond acceptors (Lipinski definition) is 3. The van der Waals surface area contributed by atoms with E-state index >= 15 is 0 Å². The predicted molar refractivity (Wildman–Crippen MR) is 233 cm³/mol. The fraction of sp³-hybridized carbons (Fsp3) is 0. The van der Waals surface area contributed by atoms with Gasteiger partial charge in [-0.2, -0.15) is 0 Å². The van der Waals surface area contributed by atoms with E-state index in [1.165, 1.54) is 32.4 Å². The van der Waals surface area contributed by atoms with Crippen LogP contribution in [-0.2, 0) is 0 Å². The molecule has 4 nitrogen and oxygen atoms in total. The molecule has 0 bridgehead atoms. The molecule has 0 N–H and O–H groups in total. The summed E-state index contributed by atoms with van der Waals surface area (Å²) in [4.78, 5) is 2.29. The highest BCUT2D eigenvalue weighted by atomic mass is 16.3. The minimum absolute atomic E-state index is 0.846. The van der Waals surface area contributed by atoms with Crippen molar-refractivity contribution < 1.29 is 8.83 Å². The molecular weight excluding hydrogens is 685 g/mol. The summed E-state index contributed by atoms with van der Waals surface area (Å²) in [5.74, 6) is 0. The lowest BCUT2D eigenvalue weighted by molar-refractivity contribution is 0.669. The van der Waals surface area contributed by atoms with Crippen molar-refractivity contribution in [2.24, 2.45) is 0 Å². The number of fused-ring (bicyclic) bond motifs is 9. The molecule has 0 fully saturated rings. The smallest absolute Gasteiger partial charge is 0.137 e. The van der Waals surface area contributed by atoms with Crippen molar-refractivity contribution in [2.45, 2.75) is 0 Å². The van der Waals surface area contributed by atoms with E-state index in [2.05, 4.69) is 204 Å². The molecular formula is C52H32N2O2. The van der Waals surface area contributed by atoms with E-state index in [1.807, 2.05) is 0 Å². The summed E-state index contributed by atoms with van der Waals surface area (Å²) < 4.78 is 15.5. The summed E-state index contributed by atoms with van der Waals surface area (Å²) in [5.41, 5.74) is 11.1. The summed E-state index contributed by atoms with van der Waals surface area (Å²) in [6.07, 6.45) is 0. The van der Waals surface area contributed by atoms with Crippen LogP contribution in [0.1, 0.15) is 0 Å². The van der Waals surface area contributed by atoms with Crippen LogP contribution in [0.4, 0.5) is 17.1 Å². The average Bonchev–Trinajstić information content (AvgIpc) is 3.93. The fourth-order valence-electron chi connectivity index (χ4n) is 8.63. The molecule has 9 aromatic carbocycles. The van der Waals surface area contributed by atoms with E-state index in [0.29, 0.717) is 0 Å². The van der Waals surface area contributed by atoms with Gasteiger partial charge >= 0.3 is 0 Å². The Balaban J connectivity index is 1.03. The number of anilines is 3. The van der Waals surface area contributed by atoms with Crippen LogP contribution in [0, 0.1) is 0 Å². The van der Waals surface area contributed by atoms with Crippen LogP contribution >= 0.6 is 0 Å². The molecule has 0 unspecified atom stereocenters. The van der Waals surface area contributed by atoms with Crippen LogP contribution in [0.3, 0.4) is 0 Å². The van der Waals surface area contributed by atoms with Crippen molar-refractivity contribution in [1.29, 1.82) is 0 Å². The molecule has 0 amide bonds. The largest absolute Gasteiger partial charge is 0.456 e. The zero-order valence-electron chi connectivity index (χ0n) is 30.2. The maximum atomic E-state index is 6.58. The van der Waals surface area contributed by atoms with E-state index < -0.39 is 0 Å². The maximum Gasteiger partial charge on any atom is 0.137 e. The molecule has 12 rings (SSSR count). The average molecular weight is 717 g/mol. The Kier molecular flexibility index (Phi) is 6.60. The second kappa shape index (κ2) is 12.0. The molecule has 4 heteroatoms. The lowest BCUT2D eigenvalue weighted by atomic mass is 10.0. The summed E-state index contributed by atoms with van der Waals surface area (Å²) in [5, 5.41) is 10.4. The van der Waals surface area contributed by atoms with Crippen molar-refractivity contribution in [3.63, 3.8) is 0 Å². The number of benzene rings is 9. The first-order valence-corrected chi connectivity index (χ1v) is 19.0. The molecule has 0 spiro atoms. The first-order valence-electron chi connectivity index (χ1n) is 19.0. The van der Waals surface area contributed by atoms with Gasteiger partial charge in [0.25, 0.3) is 0 Å². The van der Waals surface area contributed by atoms with Crippen LogP contribution in [0.5, 0.6) is 0 Å². The lowest BCUT2D eigenvalue weighted by Gasteiger charge is -2.25. The van der Waals surface area contributed by atoms with Gasteiger partial charge in [-0.15, -0.1) is 0 Å². The van der Waals surface area contributed by atoms with Crippen LogP contribution in [0.25, 0.3) is 93.3 Å². The quantitative estimate of drug-likeness (QED) is 0.178. The third-order valence-electron chi connectivity index (χ3n) is 11.3. The highest BCUT2D eigenvalue weighted by Gasteiger charge is 2.19. The Morgan fingerprint density at radius 1 is 0.339 bits per heavy atom. The van der Waals surface area contributed by atoms with Gasteiger partial charge in [0.1, 0.15) is 22.3 Å². The summed E-state index contributed by atoms with van der Waals surface area (Å²) >= 11 is 0. The fourth-order valence-corrected chi connectivity index (χ4v) is 8.63. The third-order valence-corrected chi connectivity index (χ3v) is 11.3. The summed E-state index contributed by atoms with van der Waals surface area (Å²) in [7, 11) is 0. The third kappa shape index (κ3) is 4.79. The van der Waals surface area contributed by atoms with E-state index in [4.69, 9.17) is 8.83 Å². The molecule has 3 heterocycles. The Hall–Kier alpha value is -7.56. The van der Waals surface area contributed by atoms with Gasteiger partial charge in [0.2, 0.25) is 0 Å². The maximum absolute atomic E-state index is 6.58. The summed E-state index contributed by atoms with van der Waals surface area (Å²) in [6.45, 7) is 0. The van der Waals surface area contributed by atoms with E-state index in [-0.39, 0.29) is 0 Å². The number of hydrogen-bond donors (Lipinski definition) is 0. The predicted octanol–water partition coefficient (Wildman–Crippen LogP) is 14.9. The Morgan fingerprint density at radius 3 is 1.38 bits per heavy atom. The highest BCUT2D eigenvalue weighted by Crippen LogP contribution is 2.43. The molecule has 0 aliphatic rings. The van der Waals surface area contributed by atoms with Gasteiger partial charge in [0, 0.05) is 61.8 Å². The zero-order chi connectivity index (χ0) is 36.7. The van der Waals surface area contributed by atoms with Crippen LogP contribution in [-0.4, -0.2) is 4.57 Å². The standard InChI is InChI=1S/C52H32N2O2/c1-2-15-39(16-3-1)54-47-17-9-8-14-38(47)28-48(54)33-18-20-40(21-19-33)53(41-22-24-43-45-26-34-10-4-6-12-36(34)29-49(45)55-51(43)31-41)42-23-25-44-46-27-35-11-5-7-13-37(35)30-50(46)56-52(44)32-42/h1-32H. The number of para-hydroxylation sites is 2. The molecule has 3 aromatic heterocycles. The van der Waals surface area contributed by atoms with Gasteiger partial charge in [-0.05, 0) is 112 Å². The Morgan fingerprint density at radius 2 is 0.804 bits per heavy atom. The Labute approximate surface area is 321 Å². The topological polar surface area (TPSA) is 34.5 Å². The summed E-state index contributed by atoms with van der Waals surface area (Å²) in [6, 6.07) is 69.1. The van der Waals surface area contributed by atoms with Gasteiger partial charge < -0.3 is 18.3 Å². The second-order valence-electron chi connectivity index (χ2n) is 14.6. The van der Waals surface area contributed by atoms with E-state index in [1.54, 1.807) is 0 Å². The molecule has 12 aromatic rings.